The van der Waals surface area contributed by atoms with Gasteiger partial charge in [0.1, 0.15) is 11.5 Å². The van der Waals surface area contributed by atoms with Crippen molar-refractivity contribution < 1.29 is 19.1 Å². The van der Waals surface area contributed by atoms with Crippen LogP contribution in [0.15, 0.2) is 29.1 Å². The molecule has 0 fully saturated rings. The minimum absolute atomic E-state index is 0.0675. The van der Waals surface area contributed by atoms with Crippen LogP contribution in [0.2, 0.25) is 5.02 Å². The summed E-state index contributed by atoms with van der Waals surface area (Å²) in [5.74, 6) is -1.34. The Morgan fingerprint density at radius 2 is 1.92 bits per heavy atom. The SMILES string of the molecule is CCOC(=O)c1[nH]c(=O)[nH]c1COC(=O)c1sc2ccccc2c1Cl. The fraction of sp³-hybridized carbons (Fsp3) is 0.188. The minimum Gasteiger partial charge on any atom is -0.461 e. The lowest BCUT2D eigenvalue weighted by atomic mass is 10.2. The summed E-state index contributed by atoms with van der Waals surface area (Å²) < 4.78 is 10.9. The fourth-order valence-corrected chi connectivity index (χ4v) is 3.66. The van der Waals surface area contributed by atoms with E-state index in [1.165, 1.54) is 11.3 Å². The summed E-state index contributed by atoms with van der Waals surface area (Å²) in [6, 6.07) is 7.34. The van der Waals surface area contributed by atoms with Gasteiger partial charge in [-0.25, -0.2) is 14.4 Å². The standard InChI is InChI=1S/C16H13ClN2O5S/c1-2-23-14(20)12-9(18-16(22)19-12)7-24-15(21)13-11(17)8-5-3-4-6-10(8)25-13/h3-6H,2,7H2,1H3,(H2,18,19,22). The van der Waals surface area contributed by atoms with E-state index in [1.54, 1.807) is 6.92 Å². The molecule has 0 radical (unpaired) electrons. The van der Waals surface area contributed by atoms with Crippen LogP contribution in [0.1, 0.15) is 32.8 Å². The van der Waals surface area contributed by atoms with Crippen LogP contribution in [0.25, 0.3) is 10.1 Å². The lowest BCUT2D eigenvalue weighted by Crippen LogP contribution is -2.11. The van der Waals surface area contributed by atoms with Gasteiger partial charge in [-0.05, 0) is 13.0 Å². The topological polar surface area (TPSA) is 101 Å². The molecule has 2 aromatic heterocycles. The Bertz CT molecular complexity index is 1000. The molecule has 0 saturated heterocycles. The number of fused-ring (bicyclic) bond motifs is 1. The molecule has 7 nitrogen and oxygen atoms in total. The van der Waals surface area contributed by atoms with Crippen molar-refractivity contribution in [3.05, 3.63) is 56.0 Å². The van der Waals surface area contributed by atoms with Crippen molar-refractivity contribution >= 4 is 45.0 Å². The van der Waals surface area contributed by atoms with Crippen molar-refractivity contribution in [3.63, 3.8) is 0 Å². The van der Waals surface area contributed by atoms with E-state index in [0.717, 1.165) is 10.1 Å². The molecule has 130 valence electrons. The molecule has 25 heavy (non-hydrogen) atoms. The predicted molar refractivity (Wildman–Crippen MR) is 93.3 cm³/mol. The summed E-state index contributed by atoms with van der Waals surface area (Å²) in [4.78, 5) is 40.5. The van der Waals surface area contributed by atoms with Crippen molar-refractivity contribution in [2.24, 2.45) is 0 Å². The van der Waals surface area contributed by atoms with Gasteiger partial charge in [-0.2, -0.15) is 0 Å². The van der Waals surface area contributed by atoms with Crippen molar-refractivity contribution in [1.29, 1.82) is 0 Å². The number of aromatic amines is 2. The summed E-state index contributed by atoms with van der Waals surface area (Å²) >= 11 is 7.45. The Kier molecular flexibility index (Phi) is 4.91. The van der Waals surface area contributed by atoms with E-state index in [9.17, 15) is 14.4 Å². The number of nitrogens with one attached hydrogen (secondary N) is 2. The van der Waals surface area contributed by atoms with E-state index in [1.807, 2.05) is 24.3 Å². The highest BCUT2D eigenvalue weighted by molar-refractivity contribution is 7.21. The third-order valence-corrected chi connectivity index (χ3v) is 5.01. The molecule has 3 rings (SSSR count). The molecular weight excluding hydrogens is 368 g/mol. The van der Waals surface area contributed by atoms with Crippen LogP contribution in [0.4, 0.5) is 0 Å². The van der Waals surface area contributed by atoms with Crippen LogP contribution >= 0.6 is 22.9 Å². The molecule has 0 aliphatic rings. The fourth-order valence-electron chi connectivity index (χ4n) is 2.25. The monoisotopic (exact) mass is 380 g/mol. The molecule has 1 aromatic carbocycles. The van der Waals surface area contributed by atoms with E-state index in [2.05, 4.69) is 9.97 Å². The number of carbonyl (C=O) groups is 2. The van der Waals surface area contributed by atoms with Gasteiger partial charge in [-0.15, -0.1) is 11.3 Å². The highest BCUT2D eigenvalue weighted by atomic mass is 35.5. The van der Waals surface area contributed by atoms with E-state index in [0.29, 0.717) is 5.02 Å². The first-order chi connectivity index (χ1) is 12.0. The third-order valence-electron chi connectivity index (χ3n) is 3.35. The lowest BCUT2D eigenvalue weighted by molar-refractivity contribution is 0.0448. The minimum atomic E-state index is -0.702. The van der Waals surface area contributed by atoms with Gasteiger partial charge in [-0.3, -0.25) is 4.98 Å². The molecule has 9 heteroatoms. The van der Waals surface area contributed by atoms with E-state index >= 15 is 0 Å². The summed E-state index contributed by atoms with van der Waals surface area (Å²) in [5.41, 5.74) is -0.523. The van der Waals surface area contributed by atoms with Gasteiger partial charge in [0.2, 0.25) is 0 Å². The zero-order valence-electron chi connectivity index (χ0n) is 13.1. The maximum Gasteiger partial charge on any atom is 0.356 e. The number of hydrogen-bond acceptors (Lipinski definition) is 6. The molecule has 0 bridgehead atoms. The molecule has 0 amide bonds. The maximum atomic E-state index is 12.3. The Balaban J connectivity index is 1.79. The normalized spacial score (nSPS) is 10.8. The van der Waals surface area contributed by atoms with Crippen LogP contribution in [-0.2, 0) is 16.1 Å². The Morgan fingerprint density at radius 3 is 2.64 bits per heavy atom. The van der Waals surface area contributed by atoms with Crippen LogP contribution in [-0.4, -0.2) is 28.5 Å². The number of halogens is 1. The highest BCUT2D eigenvalue weighted by Crippen LogP contribution is 2.35. The van der Waals surface area contributed by atoms with Gasteiger partial charge in [0.15, 0.2) is 5.69 Å². The van der Waals surface area contributed by atoms with Crippen LogP contribution in [0.5, 0.6) is 0 Å². The maximum absolute atomic E-state index is 12.3. The molecule has 0 unspecified atom stereocenters. The quantitative estimate of drug-likeness (QED) is 0.662. The van der Waals surface area contributed by atoms with E-state index in [-0.39, 0.29) is 29.5 Å². The predicted octanol–water partition coefficient (Wildman–Crippen LogP) is 3.10. The second kappa shape index (κ2) is 7.12. The van der Waals surface area contributed by atoms with Gasteiger partial charge in [0, 0.05) is 10.1 Å². The first kappa shape index (κ1) is 17.2. The first-order valence-corrected chi connectivity index (χ1v) is 8.53. The average Bonchev–Trinajstić information content (AvgIpc) is 3.14. The molecule has 3 aromatic rings. The second-order valence-electron chi connectivity index (χ2n) is 4.97. The van der Waals surface area contributed by atoms with Gasteiger partial charge in [-0.1, -0.05) is 29.8 Å². The van der Waals surface area contributed by atoms with Gasteiger partial charge in [0.25, 0.3) is 0 Å². The molecule has 0 aliphatic heterocycles. The Morgan fingerprint density at radius 1 is 1.16 bits per heavy atom. The molecule has 2 N–H and O–H groups in total. The van der Waals surface area contributed by atoms with Crippen LogP contribution < -0.4 is 5.69 Å². The lowest BCUT2D eigenvalue weighted by Gasteiger charge is -2.04. The summed E-state index contributed by atoms with van der Waals surface area (Å²) in [5, 5.41) is 1.09. The number of aromatic nitrogens is 2. The number of imidazole rings is 1. The third kappa shape index (κ3) is 3.45. The summed E-state index contributed by atoms with van der Waals surface area (Å²) in [7, 11) is 0. The Labute approximate surface area is 150 Å². The molecule has 0 atom stereocenters. The first-order valence-electron chi connectivity index (χ1n) is 7.33. The van der Waals surface area contributed by atoms with Gasteiger partial charge in [0.05, 0.1) is 17.3 Å². The number of esters is 2. The number of rotatable bonds is 5. The number of hydrogen-bond donors (Lipinski definition) is 2. The molecule has 2 heterocycles. The number of H-pyrrole nitrogens is 2. The van der Waals surface area contributed by atoms with Crippen molar-refractivity contribution in [2.75, 3.05) is 6.61 Å². The van der Waals surface area contributed by atoms with Crippen molar-refractivity contribution in [3.8, 4) is 0 Å². The number of ether oxygens (including phenoxy) is 2. The Hall–Kier alpha value is -2.58. The zero-order chi connectivity index (χ0) is 18.0. The van der Waals surface area contributed by atoms with Crippen molar-refractivity contribution in [2.45, 2.75) is 13.5 Å². The molecule has 0 spiro atoms. The smallest absolute Gasteiger partial charge is 0.356 e. The number of benzene rings is 1. The van der Waals surface area contributed by atoms with E-state index in [4.69, 9.17) is 21.1 Å². The second-order valence-corrected chi connectivity index (χ2v) is 6.40. The zero-order valence-corrected chi connectivity index (χ0v) is 14.6. The summed E-state index contributed by atoms with van der Waals surface area (Å²) in [6.45, 7) is 1.50. The van der Waals surface area contributed by atoms with E-state index < -0.39 is 17.6 Å². The molecular formula is C16H13ClN2O5S. The van der Waals surface area contributed by atoms with Crippen molar-refractivity contribution in [1.82, 2.24) is 9.97 Å². The number of carbonyl (C=O) groups excluding carboxylic acids is 2. The average molecular weight is 381 g/mol. The highest BCUT2D eigenvalue weighted by Gasteiger charge is 2.21. The van der Waals surface area contributed by atoms with Crippen LogP contribution in [0.3, 0.4) is 0 Å². The van der Waals surface area contributed by atoms with Crippen LogP contribution in [0, 0.1) is 0 Å². The number of thiophene rings is 1. The molecule has 0 aliphatic carbocycles. The largest absolute Gasteiger partial charge is 0.461 e. The van der Waals surface area contributed by atoms with Gasteiger partial charge >= 0.3 is 17.6 Å². The van der Waals surface area contributed by atoms with Gasteiger partial charge < -0.3 is 14.5 Å². The summed E-state index contributed by atoms with van der Waals surface area (Å²) in [6.07, 6.45) is 0. The molecule has 0 saturated carbocycles.